The Morgan fingerprint density at radius 2 is 1.60 bits per heavy atom. The maximum atomic E-state index is 14.0. The van der Waals surface area contributed by atoms with Crippen LogP contribution >= 0.6 is 0 Å². The Morgan fingerprint density at radius 3 is 2.29 bits per heavy atom. The molecule has 2 heterocycles. The second-order valence-electron chi connectivity index (χ2n) is 15.6. The molecule has 0 bridgehead atoms. The molecular formula is C54H70N2O2. The van der Waals surface area contributed by atoms with Crippen LogP contribution < -0.4 is 0 Å². The van der Waals surface area contributed by atoms with Crippen molar-refractivity contribution in [1.82, 2.24) is 9.13 Å². The summed E-state index contributed by atoms with van der Waals surface area (Å²) in [6, 6.07) is 23.6. The number of fused-ring (bicyclic) bond motifs is 4. The van der Waals surface area contributed by atoms with E-state index in [9.17, 15) is 4.79 Å². The molecule has 5 aromatic rings. The van der Waals surface area contributed by atoms with Crippen LogP contribution in [0.2, 0.25) is 0 Å². The molecule has 0 saturated heterocycles. The quantitative estimate of drug-likeness (QED) is 0.0568. The van der Waals surface area contributed by atoms with Crippen LogP contribution in [-0.2, 0) is 9.53 Å². The highest BCUT2D eigenvalue weighted by molar-refractivity contribution is 6.11. The second-order valence-corrected chi connectivity index (χ2v) is 15.6. The minimum atomic E-state index is -0.225. The molecule has 0 amide bonds. The monoisotopic (exact) mass is 779 g/mol. The van der Waals surface area contributed by atoms with Crippen LogP contribution in [0, 0.1) is 30.6 Å². The summed E-state index contributed by atoms with van der Waals surface area (Å²) in [6.45, 7) is 23.6. The lowest BCUT2D eigenvalue weighted by Gasteiger charge is -2.26. The van der Waals surface area contributed by atoms with Gasteiger partial charge in [0.05, 0.1) is 23.7 Å². The van der Waals surface area contributed by atoms with E-state index in [1.54, 1.807) is 0 Å². The van der Waals surface area contributed by atoms with Gasteiger partial charge in [-0.1, -0.05) is 141 Å². The molecule has 1 aliphatic carbocycles. The molecule has 0 radical (unpaired) electrons. The Kier molecular flexibility index (Phi) is 18.4. The van der Waals surface area contributed by atoms with Gasteiger partial charge in [-0.3, -0.25) is 0 Å². The smallest absolute Gasteiger partial charge is 0.334 e. The number of aromatic nitrogens is 2. The van der Waals surface area contributed by atoms with E-state index >= 15 is 0 Å². The Bertz CT molecular complexity index is 2260. The van der Waals surface area contributed by atoms with E-state index in [1.165, 1.54) is 48.4 Å². The summed E-state index contributed by atoms with van der Waals surface area (Å²) >= 11 is 0. The molecule has 0 N–H and O–H groups in total. The number of aryl methyl sites for hydroxylation is 1. The van der Waals surface area contributed by atoms with Gasteiger partial charge in [0.25, 0.3) is 0 Å². The van der Waals surface area contributed by atoms with Crippen LogP contribution in [0.4, 0.5) is 0 Å². The normalized spacial score (nSPS) is 14.7. The summed E-state index contributed by atoms with van der Waals surface area (Å²) in [5.74, 6) is 7.61. The molecule has 4 nitrogen and oxygen atoms in total. The predicted octanol–water partition coefficient (Wildman–Crippen LogP) is 15.5. The van der Waals surface area contributed by atoms with Crippen LogP contribution in [0.15, 0.2) is 97.1 Å². The highest BCUT2D eigenvalue weighted by Crippen LogP contribution is 2.40. The van der Waals surface area contributed by atoms with Crippen LogP contribution in [0.3, 0.4) is 0 Å². The number of rotatable bonds is 16. The van der Waals surface area contributed by atoms with Crippen molar-refractivity contribution in [2.45, 2.75) is 133 Å². The highest BCUT2D eigenvalue weighted by atomic mass is 16.5. The highest BCUT2D eigenvalue weighted by Gasteiger charge is 2.28. The lowest BCUT2D eigenvalue weighted by molar-refractivity contribution is -0.139. The zero-order valence-electron chi connectivity index (χ0n) is 37.2. The number of esters is 1. The third-order valence-corrected chi connectivity index (χ3v) is 11.1. The molecule has 308 valence electrons. The molecule has 3 aromatic carbocycles. The maximum Gasteiger partial charge on any atom is 0.334 e. The molecule has 3 atom stereocenters. The predicted molar refractivity (Wildman–Crippen MR) is 254 cm³/mol. The SMILES string of the molecule is C=Cc1c(/C=C\C)n(C2C=C(n3c4ccccc4c4ccc(C)cc43)C=C(C(=O)OCCCCCCC(CC#CC)CC(C)CC)C2)c2ccccc12.CC.CCC. The Balaban J connectivity index is 0.00000142. The van der Waals surface area contributed by atoms with Crippen molar-refractivity contribution < 1.29 is 9.53 Å². The second kappa shape index (κ2) is 23.4. The van der Waals surface area contributed by atoms with Gasteiger partial charge < -0.3 is 13.9 Å². The topological polar surface area (TPSA) is 36.2 Å². The third kappa shape index (κ3) is 11.1. The fourth-order valence-corrected chi connectivity index (χ4v) is 8.21. The molecular weight excluding hydrogens is 709 g/mol. The minimum Gasteiger partial charge on any atom is -0.462 e. The average Bonchev–Trinajstić information content (AvgIpc) is 3.74. The van der Waals surface area contributed by atoms with Crippen molar-refractivity contribution in [3.05, 3.63) is 114 Å². The molecule has 4 heteroatoms. The number of para-hydroxylation sites is 2. The van der Waals surface area contributed by atoms with Crippen molar-refractivity contribution in [2.75, 3.05) is 6.61 Å². The van der Waals surface area contributed by atoms with Gasteiger partial charge in [0, 0.05) is 57.0 Å². The van der Waals surface area contributed by atoms with Gasteiger partial charge in [-0.15, -0.1) is 11.8 Å². The molecule has 0 fully saturated rings. The summed E-state index contributed by atoms with van der Waals surface area (Å²) in [6.07, 6.45) is 21.4. The van der Waals surface area contributed by atoms with E-state index < -0.39 is 0 Å². The number of ether oxygens (including phenoxy) is 1. The standard InChI is InChI=1S/C49H56N2O2.C3H8.C2H6/c1-7-11-21-37(30-35(5)9-3)22-14-12-13-19-29-53-49(52)38-32-39(50-45(20-8-2)41(10-4)42-23-15-17-25-46(42)50)34-40(33-38)51-47-26-18-16-24-43(47)44-28-27-36(6)31-48(44)51;1-3-2;1-2/h8,10,15-18,20,23-28,31,33-35,37,39H,4,9,12-14,19,21-22,29-30,32H2,1-3,5-6H3;3H2,1-2H3;1-2H3/b20-8-;;. The molecule has 58 heavy (non-hydrogen) atoms. The Labute approximate surface area is 350 Å². The number of carbonyl (C=O) groups excluding carboxylic acids is 1. The molecule has 1 aliphatic rings. The maximum absolute atomic E-state index is 14.0. The number of benzene rings is 3. The molecule has 2 aromatic heterocycles. The number of hydrogen-bond acceptors (Lipinski definition) is 2. The van der Waals surface area contributed by atoms with E-state index in [0.717, 1.165) is 70.5 Å². The Morgan fingerprint density at radius 1 is 0.931 bits per heavy atom. The average molecular weight is 779 g/mol. The number of allylic oxidation sites excluding steroid dienone is 4. The molecule has 6 rings (SSSR count). The Hall–Kier alpha value is -5.01. The number of carbonyl (C=O) groups is 1. The summed E-state index contributed by atoms with van der Waals surface area (Å²) in [5.41, 5.74) is 8.44. The van der Waals surface area contributed by atoms with Gasteiger partial charge in [0.2, 0.25) is 0 Å². The molecule has 0 aliphatic heterocycles. The van der Waals surface area contributed by atoms with Gasteiger partial charge in [-0.25, -0.2) is 4.79 Å². The largest absolute Gasteiger partial charge is 0.462 e. The van der Waals surface area contributed by atoms with Crippen LogP contribution in [0.1, 0.15) is 142 Å². The van der Waals surface area contributed by atoms with Gasteiger partial charge in [-0.2, -0.15) is 0 Å². The molecule has 0 spiro atoms. The third-order valence-electron chi connectivity index (χ3n) is 11.1. The van der Waals surface area contributed by atoms with Crippen LogP contribution in [-0.4, -0.2) is 21.7 Å². The van der Waals surface area contributed by atoms with Gasteiger partial charge in [0.15, 0.2) is 0 Å². The lowest BCUT2D eigenvalue weighted by Crippen LogP contribution is -2.19. The van der Waals surface area contributed by atoms with E-state index in [4.69, 9.17) is 4.74 Å². The van der Waals surface area contributed by atoms with Crippen LogP contribution in [0.5, 0.6) is 0 Å². The fourth-order valence-electron chi connectivity index (χ4n) is 8.21. The van der Waals surface area contributed by atoms with Gasteiger partial charge in [0.1, 0.15) is 0 Å². The number of nitrogens with zero attached hydrogens (tertiary/aromatic N) is 2. The summed E-state index contributed by atoms with van der Waals surface area (Å²) in [7, 11) is 0. The number of hydrogen-bond donors (Lipinski definition) is 0. The lowest BCUT2D eigenvalue weighted by atomic mass is 9.88. The van der Waals surface area contributed by atoms with Crippen molar-refractivity contribution in [1.29, 1.82) is 0 Å². The van der Waals surface area contributed by atoms with E-state index in [-0.39, 0.29) is 12.0 Å². The summed E-state index contributed by atoms with van der Waals surface area (Å²) < 4.78 is 10.8. The van der Waals surface area contributed by atoms with E-state index in [0.29, 0.717) is 24.5 Å². The van der Waals surface area contributed by atoms with Crippen molar-refractivity contribution in [2.24, 2.45) is 11.8 Å². The van der Waals surface area contributed by atoms with Crippen LogP contribution in [0.25, 0.3) is 50.6 Å². The first-order chi connectivity index (χ1) is 28.3. The zero-order chi connectivity index (χ0) is 42.0. The zero-order valence-corrected chi connectivity index (χ0v) is 37.2. The fraction of sp³-hybridized carbons (Fsp3) is 0.426. The van der Waals surface area contributed by atoms with Crippen molar-refractivity contribution >= 4 is 56.5 Å². The van der Waals surface area contributed by atoms with Gasteiger partial charge >= 0.3 is 5.97 Å². The first-order valence-electron chi connectivity index (χ1n) is 22.2. The first-order valence-corrected chi connectivity index (χ1v) is 22.2. The van der Waals surface area contributed by atoms with Crippen molar-refractivity contribution in [3.8, 4) is 11.8 Å². The minimum absolute atomic E-state index is 0.121. The first kappa shape index (κ1) is 45.7. The van der Waals surface area contributed by atoms with E-state index in [2.05, 4.69) is 153 Å². The summed E-state index contributed by atoms with van der Waals surface area (Å²) in [5, 5.41) is 3.55. The number of unbranched alkanes of at least 4 members (excludes halogenated alkanes) is 3. The van der Waals surface area contributed by atoms with Gasteiger partial charge in [-0.05, 0) is 93.9 Å². The molecule has 3 unspecified atom stereocenters. The van der Waals surface area contributed by atoms with Crippen molar-refractivity contribution in [3.63, 3.8) is 0 Å². The molecule has 0 saturated carbocycles. The van der Waals surface area contributed by atoms with E-state index in [1.807, 2.05) is 33.8 Å². The summed E-state index contributed by atoms with van der Waals surface area (Å²) in [4.78, 5) is 14.0.